The number of hydrogen-bond acceptors (Lipinski definition) is 3. The summed E-state index contributed by atoms with van der Waals surface area (Å²) in [5.74, 6) is 1.46. The summed E-state index contributed by atoms with van der Waals surface area (Å²) in [7, 11) is -2.91. The van der Waals surface area contributed by atoms with Gasteiger partial charge in [-0.05, 0) is 17.9 Å². The molecule has 0 aromatic carbocycles. The van der Waals surface area contributed by atoms with E-state index in [0.717, 1.165) is 0 Å². The molecule has 0 N–H and O–H groups in total. The van der Waals surface area contributed by atoms with E-state index in [9.17, 15) is 4.57 Å². The summed E-state index contributed by atoms with van der Waals surface area (Å²) in [5.41, 5.74) is 0. The van der Waals surface area contributed by atoms with Crippen molar-refractivity contribution in [3.8, 4) is 0 Å². The Kier molecular flexibility index (Phi) is 6.52. The van der Waals surface area contributed by atoms with Crippen molar-refractivity contribution >= 4 is 30.2 Å². The number of rotatable bonds is 5. The van der Waals surface area contributed by atoms with Gasteiger partial charge in [0, 0.05) is 5.82 Å². The monoisotopic (exact) mass is 290 g/mol. The summed E-state index contributed by atoms with van der Waals surface area (Å²) in [4.78, 5) is 0. The van der Waals surface area contributed by atoms with Crippen LogP contribution in [0.25, 0.3) is 0 Å². The van der Waals surface area contributed by atoms with Crippen LogP contribution in [0.3, 0.4) is 0 Å². The van der Waals surface area contributed by atoms with Crippen LogP contribution in [0.15, 0.2) is 9.90 Å². The van der Waals surface area contributed by atoms with E-state index in [1.165, 1.54) is 5.82 Å². The lowest BCUT2D eigenvalue weighted by Gasteiger charge is -2.11. The van der Waals surface area contributed by atoms with Gasteiger partial charge < -0.3 is 9.05 Å². The number of hydrogen-bond donors (Lipinski definition) is 0. The summed E-state index contributed by atoms with van der Waals surface area (Å²) >= 11 is 1.98. The minimum absolute atomic E-state index is 0.401. The van der Waals surface area contributed by atoms with E-state index in [1.807, 2.05) is 22.6 Å². The van der Waals surface area contributed by atoms with Crippen molar-refractivity contribution in [2.45, 2.75) is 13.8 Å². The Morgan fingerprint density at radius 3 is 2.09 bits per heavy atom. The molecule has 0 aliphatic heterocycles. The van der Waals surface area contributed by atoms with Crippen molar-refractivity contribution in [1.29, 1.82) is 0 Å². The van der Waals surface area contributed by atoms with Crippen LogP contribution in [0.2, 0.25) is 0 Å². The molecule has 0 aliphatic rings. The lowest BCUT2D eigenvalue weighted by Crippen LogP contribution is -1.91. The molecule has 0 amide bonds. The molecule has 0 rings (SSSR count). The zero-order chi connectivity index (χ0) is 8.74. The van der Waals surface area contributed by atoms with Crippen LogP contribution in [-0.4, -0.2) is 13.2 Å². The van der Waals surface area contributed by atoms with Crippen molar-refractivity contribution in [3.63, 3.8) is 0 Å². The molecule has 5 heteroatoms. The molecule has 0 aromatic heterocycles. The summed E-state index contributed by atoms with van der Waals surface area (Å²) in [6, 6.07) is 0. The fourth-order valence-corrected chi connectivity index (χ4v) is 2.84. The summed E-state index contributed by atoms with van der Waals surface area (Å²) in [6.45, 7) is 4.37. The predicted octanol–water partition coefficient (Wildman–Crippen LogP) is 3.16. The lowest BCUT2D eigenvalue weighted by atomic mass is 10.9. The first-order valence-electron chi connectivity index (χ1n) is 3.35. The summed E-state index contributed by atoms with van der Waals surface area (Å²) in [5, 5.41) is 0. The molecule has 0 aliphatic carbocycles. The van der Waals surface area contributed by atoms with Gasteiger partial charge in [-0.25, -0.2) is 0 Å². The van der Waals surface area contributed by atoms with Gasteiger partial charge in [0.15, 0.2) is 0 Å². The van der Waals surface area contributed by atoms with Crippen LogP contribution >= 0.6 is 30.2 Å². The van der Waals surface area contributed by atoms with E-state index < -0.39 is 7.60 Å². The Morgan fingerprint density at radius 1 is 1.36 bits per heavy atom. The van der Waals surface area contributed by atoms with Crippen LogP contribution in [-0.2, 0) is 13.6 Å². The first-order valence-corrected chi connectivity index (χ1v) is 6.21. The lowest BCUT2D eigenvalue weighted by molar-refractivity contribution is 0.229. The van der Waals surface area contributed by atoms with Gasteiger partial charge in [0.25, 0.3) is 0 Å². The van der Waals surface area contributed by atoms with Gasteiger partial charge in [-0.15, -0.1) is 0 Å². The second-order valence-electron chi connectivity index (χ2n) is 1.65. The smallest absolute Gasteiger partial charge is 0.306 e. The zero-order valence-corrected chi connectivity index (χ0v) is 9.67. The molecular weight excluding hydrogens is 278 g/mol. The zero-order valence-electron chi connectivity index (χ0n) is 6.62. The maximum absolute atomic E-state index is 11.5. The highest BCUT2D eigenvalue weighted by atomic mass is 127. The van der Waals surface area contributed by atoms with Gasteiger partial charge in [-0.2, -0.15) is 0 Å². The van der Waals surface area contributed by atoms with Crippen molar-refractivity contribution in [2.24, 2.45) is 0 Å². The minimum atomic E-state index is -2.91. The molecule has 66 valence electrons. The first kappa shape index (κ1) is 11.6. The average Bonchev–Trinajstić information content (AvgIpc) is 1.88. The van der Waals surface area contributed by atoms with Gasteiger partial charge >= 0.3 is 7.60 Å². The van der Waals surface area contributed by atoms with Gasteiger partial charge in [-0.1, -0.05) is 22.6 Å². The third-order valence-electron chi connectivity index (χ3n) is 0.857. The van der Waals surface area contributed by atoms with Crippen molar-refractivity contribution < 1.29 is 13.6 Å². The summed E-state index contributed by atoms with van der Waals surface area (Å²) in [6.07, 6.45) is 0. The highest BCUT2D eigenvalue weighted by molar-refractivity contribution is 14.1. The SMILES string of the molecule is CCOP(=O)(/C=C\I)OCC. The molecule has 0 radical (unpaired) electrons. The third-order valence-corrected chi connectivity index (χ3v) is 3.54. The van der Waals surface area contributed by atoms with Crippen LogP contribution in [0, 0.1) is 0 Å². The first-order chi connectivity index (χ1) is 5.18. The average molecular weight is 290 g/mol. The standard InChI is InChI=1S/C6H12IO3P/c1-3-9-11(8,6-5-7)10-4-2/h5-6H,3-4H2,1-2H3/b6-5-. The topological polar surface area (TPSA) is 35.5 Å². The Morgan fingerprint density at radius 2 is 1.82 bits per heavy atom. The molecule has 0 saturated carbocycles. The van der Waals surface area contributed by atoms with Crippen molar-refractivity contribution in [1.82, 2.24) is 0 Å². The van der Waals surface area contributed by atoms with E-state index in [-0.39, 0.29) is 0 Å². The maximum Gasteiger partial charge on any atom is 0.354 e. The predicted molar refractivity (Wildman–Crippen MR) is 54.0 cm³/mol. The molecule has 0 spiro atoms. The Bertz CT molecular complexity index is 159. The van der Waals surface area contributed by atoms with Gasteiger partial charge in [0.1, 0.15) is 0 Å². The maximum atomic E-state index is 11.5. The molecule has 0 unspecified atom stereocenters. The van der Waals surface area contributed by atoms with E-state index in [1.54, 1.807) is 17.9 Å². The normalized spacial score (nSPS) is 12.6. The van der Waals surface area contributed by atoms with Crippen LogP contribution in [0.4, 0.5) is 0 Å². The minimum Gasteiger partial charge on any atom is -0.306 e. The van der Waals surface area contributed by atoms with Crippen LogP contribution in [0.5, 0.6) is 0 Å². The Balaban J connectivity index is 4.14. The molecule has 0 bridgehead atoms. The second kappa shape index (κ2) is 6.17. The largest absolute Gasteiger partial charge is 0.354 e. The molecule has 11 heavy (non-hydrogen) atoms. The van der Waals surface area contributed by atoms with Crippen molar-refractivity contribution in [3.05, 3.63) is 9.90 Å². The number of halogens is 1. The van der Waals surface area contributed by atoms with Gasteiger partial charge in [0.2, 0.25) is 0 Å². The van der Waals surface area contributed by atoms with Crippen LogP contribution < -0.4 is 0 Å². The fraction of sp³-hybridized carbons (Fsp3) is 0.667. The Labute approximate surface area is 80.8 Å². The highest BCUT2D eigenvalue weighted by Gasteiger charge is 2.17. The quantitative estimate of drug-likeness (QED) is 0.576. The summed E-state index contributed by atoms with van der Waals surface area (Å²) < 4.78 is 23.0. The molecule has 0 aromatic rings. The van der Waals surface area contributed by atoms with Crippen LogP contribution in [0.1, 0.15) is 13.8 Å². The van der Waals surface area contributed by atoms with Gasteiger partial charge in [-0.3, -0.25) is 4.57 Å². The van der Waals surface area contributed by atoms with E-state index in [0.29, 0.717) is 13.2 Å². The van der Waals surface area contributed by atoms with E-state index in [2.05, 4.69) is 0 Å². The second-order valence-corrected chi connectivity index (χ2v) is 4.26. The molecule has 0 saturated heterocycles. The van der Waals surface area contributed by atoms with Crippen molar-refractivity contribution in [2.75, 3.05) is 13.2 Å². The molecule has 0 atom stereocenters. The fourth-order valence-electron chi connectivity index (χ4n) is 0.552. The van der Waals surface area contributed by atoms with E-state index >= 15 is 0 Å². The molecule has 0 fully saturated rings. The molecular formula is C6H12IO3P. The molecule has 3 nitrogen and oxygen atoms in total. The molecule has 0 heterocycles. The highest BCUT2D eigenvalue weighted by Crippen LogP contribution is 2.49. The van der Waals surface area contributed by atoms with Gasteiger partial charge in [0.05, 0.1) is 13.2 Å². The third kappa shape index (κ3) is 4.95. The van der Waals surface area contributed by atoms with E-state index in [4.69, 9.17) is 9.05 Å². The Hall–Kier alpha value is 0.620.